The number of rotatable bonds is 8. The number of unbranched alkanes of at least 4 members (excludes halogenated alkanes) is 2. The first-order chi connectivity index (χ1) is 13.0. The first-order valence-electron chi connectivity index (χ1n) is 9.12. The summed E-state index contributed by atoms with van der Waals surface area (Å²) in [4.78, 5) is 4.38. The van der Waals surface area contributed by atoms with Crippen LogP contribution < -0.4 is 0 Å². The Morgan fingerprint density at radius 1 is 0.926 bits per heavy atom. The Labute approximate surface area is 160 Å². The van der Waals surface area contributed by atoms with E-state index in [9.17, 15) is 8.42 Å². The van der Waals surface area contributed by atoms with Gasteiger partial charge in [-0.1, -0.05) is 68.3 Å². The van der Waals surface area contributed by atoms with E-state index < -0.39 is 10.0 Å². The molecule has 2 aromatic carbocycles. The highest BCUT2D eigenvalue weighted by atomic mass is 32.2. The zero-order valence-electron chi connectivity index (χ0n) is 15.6. The van der Waals surface area contributed by atoms with Crippen molar-refractivity contribution in [2.24, 2.45) is 0 Å². The maximum atomic E-state index is 13.2. The van der Waals surface area contributed by atoms with E-state index in [0.29, 0.717) is 18.0 Å². The molecule has 0 radical (unpaired) electrons. The largest absolute Gasteiger partial charge is 0.435 e. The van der Waals surface area contributed by atoms with Crippen molar-refractivity contribution in [1.82, 2.24) is 9.29 Å². The van der Waals surface area contributed by atoms with Gasteiger partial charge in [-0.15, -0.1) is 0 Å². The van der Waals surface area contributed by atoms with Gasteiger partial charge in [-0.2, -0.15) is 9.29 Å². The van der Waals surface area contributed by atoms with Gasteiger partial charge in [-0.05, 0) is 18.6 Å². The van der Waals surface area contributed by atoms with Crippen LogP contribution in [0.4, 0.5) is 0 Å². The number of nitrogens with zero attached hydrogens (tertiary/aromatic N) is 2. The SMILES string of the molecule is CCCCCN(C)S(=O)(=O)c1nc(-c2ccccc2)oc1-c1ccccc1. The molecule has 6 heteroatoms. The second-order valence-corrected chi connectivity index (χ2v) is 8.38. The van der Waals surface area contributed by atoms with Crippen LogP contribution in [0.3, 0.4) is 0 Å². The fourth-order valence-electron chi connectivity index (χ4n) is 2.81. The summed E-state index contributed by atoms with van der Waals surface area (Å²) in [6.45, 7) is 2.55. The summed E-state index contributed by atoms with van der Waals surface area (Å²) in [7, 11) is -2.16. The van der Waals surface area contributed by atoms with E-state index in [4.69, 9.17) is 4.42 Å². The van der Waals surface area contributed by atoms with Gasteiger partial charge < -0.3 is 4.42 Å². The fourth-order valence-corrected chi connectivity index (χ4v) is 4.07. The molecule has 0 amide bonds. The maximum Gasteiger partial charge on any atom is 0.264 e. The van der Waals surface area contributed by atoms with Gasteiger partial charge in [0, 0.05) is 24.7 Å². The minimum Gasteiger partial charge on any atom is -0.435 e. The maximum absolute atomic E-state index is 13.2. The van der Waals surface area contributed by atoms with Gasteiger partial charge in [-0.3, -0.25) is 0 Å². The third-order valence-electron chi connectivity index (χ3n) is 4.38. The van der Waals surface area contributed by atoms with Crippen molar-refractivity contribution in [3.63, 3.8) is 0 Å². The molecule has 0 saturated heterocycles. The molecule has 1 aromatic heterocycles. The molecule has 0 aliphatic heterocycles. The molecule has 3 aromatic rings. The van der Waals surface area contributed by atoms with Gasteiger partial charge >= 0.3 is 0 Å². The van der Waals surface area contributed by atoms with Gasteiger partial charge in [-0.25, -0.2) is 8.42 Å². The average molecular weight is 385 g/mol. The topological polar surface area (TPSA) is 63.4 Å². The zero-order valence-corrected chi connectivity index (χ0v) is 16.4. The lowest BCUT2D eigenvalue weighted by atomic mass is 10.2. The van der Waals surface area contributed by atoms with E-state index in [1.165, 1.54) is 4.31 Å². The molecule has 0 atom stereocenters. The molecule has 5 nitrogen and oxygen atoms in total. The van der Waals surface area contributed by atoms with Crippen molar-refractivity contribution in [2.75, 3.05) is 13.6 Å². The Bertz CT molecular complexity index is 967. The minimum absolute atomic E-state index is 0.0356. The smallest absolute Gasteiger partial charge is 0.264 e. The number of aromatic nitrogens is 1. The van der Waals surface area contributed by atoms with E-state index in [1.54, 1.807) is 7.05 Å². The van der Waals surface area contributed by atoms with Gasteiger partial charge in [0.05, 0.1) is 0 Å². The molecule has 0 saturated carbocycles. The van der Waals surface area contributed by atoms with Crippen molar-refractivity contribution in [2.45, 2.75) is 31.2 Å². The molecular weight excluding hydrogens is 360 g/mol. The highest BCUT2D eigenvalue weighted by Gasteiger charge is 2.30. The van der Waals surface area contributed by atoms with E-state index in [1.807, 2.05) is 60.7 Å². The Hall–Kier alpha value is -2.44. The van der Waals surface area contributed by atoms with Crippen LogP contribution in [0.5, 0.6) is 0 Å². The summed E-state index contributed by atoms with van der Waals surface area (Å²) in [5.74, 6) is 0.576. The summed E-state index contributed by atoms with van der Waals surface area (Å²) in [6.07, 6.45) is 2.83. The summed E-state index contributed by atoms with van der Waals surface area (Å²) in [5, 5.41) is -0.0356. The van der Waals surface area contributed by atoms with Crippen LogP contribution in [0.1, 0.15) is 26.2 Å². The molecular formula is C21H24N2O3S. The Morgan fingerprint density at radius 2 is 1.52 bits per heavy atom. The third-order valence-corrected chi connectivity index (χ3v) is 6.15. The average Bonchev–Trinajstić information content (AvgIpc) is 3.16. The summed E-state index contributed by atoms with van der Waals surface area (Å²) >= 11 is 0. The van der Waals surface area contributed by atoms with Crippen LogP contribution in [-0.2, 0) is 10.0 Å². The van der Waals surface area contributed by atoms with Crippen molar-refractivity contribution in [3.05, 3.63) is 60.7 Å². The molecule has 27 heavy (non-hydrogen) atoms. The number of benzene rings is 2. The zero-order chi connectivity index (χ0) is 19.3. The second-order valence-electron chi connectivity index (χ2n) is 6.42. The molecule has 0 unspecified atom stereocenters. The first kappa shape index (κ1) is 19.3. The lowest BCUT2D eigenvalue weighted by molar-refractivity contribution is 0.452. The first-order valence-corrected chi connectivity index (χ1v) is 10.6. The van der Waals surface area contributed by atoms with Crippen molar-refractivity contribution in [3.8, 4) is 22.8 Å². The van der Waals surface area contributed by atoms with Gasteiger partial charge in [0.15, 0.2) is 5.76 Å². The molecule has 1 heterocycles. The monoisotopic (exact) mass is 384 g/mol. The fraction of sp³-hybridized carbons (Fsp3) is 0.286. The Balaban J connectivity index is 2.06. The predicted octanol–water partition coefficient (Wildman–Crippen LogP) is 4.82. The molecule has 0 aliphatic rings. The predicted molar refractivity (Wildman–Crippen MR) is 107 cm³/mol. The number of oxazole rings is 1. The molecule has 142 valence electrons. The van der Waals surface area contributed by atoms with E-state index in [-0.39, 0.29) is 10.8 Å². The van der Waals surface area contributed by atoms with E-state index in [0.717, 1.165) is 24.8 Å². The van der Waals surface area contributed by atoms with Gasteiger partial charge in [0.2, 0.25) is 10.9 Å². The molecule has 0 N–H and O–H groups in total. The Kier molecular flexibility index (Phi) is 6.08. The van der Waals surface area contributed by atoms with Gasteiger partial charge in [0.25, 0.3) is 10.0 Å². The van der Waals surface area contributed by atoms with Crippen LogP contribution >= 0.6 is 0 Å². The van der Waals surface area contributed by atoms with Crippen LogP contribution in [0, 0.1) is 0 Å². The second kappa shape index (κ2) is 8.50. The number of hydrogen-bond acceptors (Lipinski definition) is 4. The lowest BCUT2D eigenvalue weighted by Crippen LogP contribution is -2.28. The number of sulfonamides is 1. The Morgan fingerprint density at radius 3 is 2.11 bits per heavy atom. The molecule has 0 fully saturated rings. The van der Waals surface area contributed by atoms with Crippen molar-refractivity contribution >= 4 is 10.0 Å². The van der Waals surface area contributed by atoms with Crippen molar-refractivity contribution < 1.29 is 12.8 Å². The minimum atomic E-state index is -3.76. The standard InChI is InChI=1S/C21H24N2O3S/c1-3-4-11-16-23(2)27(24,25)21-19(17-12-7-5-8-13-17)26-20(22-21)18-14-9-6-10-15-18/h5-10,12-15H,3-4,11,16H2,1-2H3. The normalized spacial score (nSPS) is 11.8. The van der Waals surface area contributed by atoms with Crippen LogP contribution in [0.25, 0.3) is 22.8 Å². The van der Waals surface area contributed by atoms with Crippen LogP contribution in [0.15, 0.2) is 70.1 Å². The van der Waals surface area contributed by atoms with Crippen molar-refractivity contribution in [1.29, 1.82) is 0 Å². The summed E-state index contributed by atoms with van der Waals surface area (Å²) < 4.78 is 33.6. The number of hydrogen-bond donors (Lipinski definition) is 0. The molecule has 3 rings (SSSR count). The molecule has 0 aliphatic carbocycles. The summed E-state index contributed by atoms with van der Waals surface area (Å²) in [6, 6.07) is 18.6. The van der Waals surface area contributed by atoms with Gasteiger partial charge in [0.1, 0.15) is 0 Å². The highest BCUT2D eigenvalue weighted by Crippen LogP contribution is 2.33. The summed E-state index contributed by atoms with van der Waals surface area (Å²) in [5.41, 5.74) is 1.43. The van der Waals surface area contributed by atoms with E-state index >= 15 is 0 Å². The molecule has 0 bridgehead atoms. The highest BCUT2D eigenvalue weighted by molar-refractivity contribution is 7.89. The van der Waals surface area contributed by atoms with Crippen LogP contribution in [-0.4, -0.2) is 31.3 Å². The lowest BCUT2D eigenvalue weighted by Gasteiger charge is -2.15. The van der Waals surface area contributed by atoms with Crippen LogP contribution in [0.2, 0.25) is 0 Å². The molecule has 0 spiro atoms. The van der Waals surface area contributed by atoms with E-state index in [2.05, 4.69) is 11.9 Å². The quantitative estimate of drug-likeness (QED) is 0.522. The third kappa shape index (κ3) is 4.28.